The summed E-state index contributed by atoms with van der Waals surface area (Å²) < 4.78 is 21.3. The molecule has 16 nitrogen and oxygen atoms in total. The molecule has 2 amide bonds. The number of piperidine rings is 2. The first-order chi connectivity index (χ1) is 33.5. The lowest BCUT2D eigenvalue weighted by atomic mass is 9.63. The molecule has 1 N–H and O–H groups in total. The largest absolute Gasteiger partial charge is 0.466 e. The van der Waals surface area contributed by atoms with Crippen LogP contribution in [0.1, 0.15) is 54.4 Å². The zero-order chi connectivity index (χ0) is 48.5. The number of nitrogens with zero attached hydrogens (tertiary/aromatic N) is 5. The molecule has 2 unspecified atom stereocenters. The maximum atomic E-state index is 14.2. The second-order valence-electron chi connectivity index (χ2n) is 17.5. The fourth-order valence-corrected chi connectivity index (χ4v) is 11.0. The van der Waals surface area contributed by atoms with Gasteiger partial charge in [0.05, 0.1) is 75.6 Å². The summed E-state index contributed by atoms with van der Waals surface area (Å²) in [6.07, 6.45) is 1.13. The van der Waals surface area contributed by atoms with Crippen LogP contribution in [0.2, 0.25) is 0 Å². The number of hydrogen-bond acceptors (Lipinski definition) is 14. The average molecular weight is 933 g/mol. The van der Waals surface area contributed by atoms with E-state index in [1.807, 2.05) is 115 Å². The van der Waals surface area contributed by atoms with Crippen molar-refractivity contribution >= 4 is 53.1 Å². The van der Waals surface area contributed by atoms with Crippen LogP contribution in [-0.2, 0) is 71.6 Å². The van der Waals surface area contributed by atoms with Crippen molar-refractivity contribution in [1.29, 1.82) is 0 Å². The van der Waals surface area contributed by atoms with Crippen molar-refractivity contribution in [2.45, 2.75) is 68.1 Å². The third-order valence-corrected chi connectivity index (χ3v) is 14.0. The Morgan fingerprint density at radius 3 is 1.61 bits per heavy atom. The van der Waals surface area contributed by atoms with Gasteiger partial charge in [0, 0.05) is 25.1 Å². The Labute approximate surface area is 399 Å². The summed E-state index contributed by atoms with van der Waals surface area (Å²) >= 11 is 0. The van der Waals surface area contributed by atoms with Gasteiger partial charge in [0.15, 0.2) is 11.4 Å². The molecule has 5 aliphatic heterocycles. The van der Waals surface area contributed by atoms with Gasteiger partial charge >= 0.3 is 23.9 Å². The number of anilines is 1. The molecule has 1 spiro atoms. The molecule has 9 rings (SSSR count). The maximum absolute atomic E-state index is 14.2. The monoisotopic (exact) mass is 932 g/mol. The molecule has 4 atom stereocenters. The summed E-state index contributed by atoms with van der Waals surface area (Å²) in [4.78, 5) is 99.2. The van der Waals surface area contributed by atoms with E-state index in [-0.39, 0.29) is 86.2 Å². The summed E-state index contributed by atoms with van der Waals surface area (Å²) in [5.74, 6) is -3.04. The third-order valence-electron chi connectivity index (χ3n) is 14.0. The number of ether oxygens (including phenoxy) is 4. The van der Waals surface area contributed by atoms with Gasteiger partial charge < -0.3 is 29.2 Å². The van der Waals surface area contributed by atoms with Gasteiger partial charge in [0.2, 0.25) is 11.8 Å². The first-order valence-corrected chi connectivity index (χ1v) is 22.9. The first-order valence-electron chi connectivity index (χ1n) is 22.9. The van der Waals surface area contributed by atoms with E-state index >= 15 is 0 Å². The number of carbonyl (C=O) groups is 6. The van der Waals surface area contributed by atoms with Crippen LogP contribution >= 0.6 is 0 Å². The van der Waals surface area contributed by atoms with Crippen molar-refractivity contribution < 1.29 is 47.7 Å². The topological polar surface area (TPSA) is 186 Å². The lowest BCUT2D eigenvalue weighted by Gasteiger charge is -2.51. The highest BCUT2D eigenvalue weighted by Gasteiger charge is 2.63. The highest BCUT2D eigenvalue weighted by atomic mass is 16.5. The number of likely N-dealkylation sites (tertiary alicyclic amines) is 2. The summed E-state index contributed by atoms with van der Waals surface area (Å²) in [6.45, 7) is 0.821. The number of methoxy groups -OCH3 is 4. The average Bonchev–Trinajstić information content (AvgIpc) is 3.67. The number of fused-ring (bicyclic) bond motifs is 2. The van der Waals surface area contributed by atoms with E-state index in [0.717, 1.165) is 27.9 Å². The minimum atomic E-state index is -1.17. The Morgan fingerprint density at radius 1 is 0.594 bits per heavy atom. The molecule has 2 saturated heterocycles. The van der Waals surface area contributed by atoms with Crippen molar-refractivity contribution in [3.63, 3.8) is 0 Å². The van der Waals surface area contributed by atoms with E-state index in [1.165, 1.54) is 28.4 Å². The smallest absolute Gasteiger partial charge is 0.357 e. The van der Waals surface area contributed by atoms with E-state index in [0.29, 0.717) is 18.1 Å². The maximum Gasteiger partial charge on any atom is 0.357 e. The fourth-order valence-electron chi connectivity index (χ4n) is 11.0. The van der Waals surface area contributed by atoms with Crippen LogP contribution in [0.25, 0.3) is 0 Å². The van der Waals surface area contributed by atoms with E-state index in [2.05, 4.69) is 10.2 Å². The Kier molecular flexibility index (Phi) is 12.8. The number of rotatable bonds is 14. The van der Waals surface area contributed by atoms with E-state index in [4.69, 9.17) is 28.9 Å². The van der Waals surface area contributed by atoms with Gasteiger partial charge in [-0.1, -0.05) is 109 Å². The number of esters is 4. The number of amidine groups is 2. The minimum Gasteiger partial charge on any atom is -0.466 e. The van der Waals surface area contributed by atoms with Gasteiger partial charge in [-0.2, -0.15) is 0 Å². The summed E-state index contributed by atoms with van der Waals surface area (Å²) in [6, 6.07) is 34.3. The third kappa shape index (κ3) is 7.77. The van der Waals surface area contributed by atoms with Crippen molar-refractivity contribution in [2.24, 2.45) is 9.98 Å². The zero-order valence-electron chi connectivity index (χ0n) is 38.8. The van der Waals surface area contributed by atoms with Crippen molar-refractivity contribution in [1.82, 2.24) is 15.1 Å². The summed E-state index contributed by atoms with van der Waals surface area (Å²) in [5.41, 5.74) is 1.23. The minimum absolute atomic E-state index is 0.00597. The predicted octanol–water partition coefficient (Wildman–Crippen LogP) is 5.07. The van der Waals surface area contributed by atoms with Crippen LogP contribution in [0.5, 0.6) is 0 Å². The van der Waals surface area contributed by atoms with E-state index in [1.54, 1.807) is 9.80 Å². The van der Waals surface area contributed by atoms with Crippen LogP contribution < -0.4 is 10.2 Å². The van der Waals surface area contributed by atoms with Crippen molar-refractivity contribution in [3.8, 4) is 0 Å². The normalized spacial score (nSPS) is 22.7. The lowest BCUT2D eigenvalue weighted by Crippen LogP contribution is -2.65. The first kappa shape index (κ1) is 46.4. The second kappa shape index (κ2) is 19.1. The van der Waals surface area contributed by atoms with Gasteiger partial charge in [-0.3, -0.25) is 19.4 Å². The standard InChI is InChI=1S/C53H52N6O10/c1-66-46(62)40-42(48(64)68-3)55-50-52(35-21-12-7-13-22-35,27-25-38(60)58(50)31-33-17-8-5-9-18-33)44(40)54-29-16-30-57-37-24-15-14-23-36(37)53-28-26-39(61)59(32-34-19-10-6-11-20-34)51(53)56-43(49(65)69-4)41(45(53)57)47(63)67-2/h5-15,17-24,44-45,54H,16,25-32H2,1-4H3/t44?,45?,52-,53-/m0/s1. The van der Waals surface area contributed by atoms with Gasteiger partial charge in [-0.15, -0.1) is 0 Å². The second-order valence-corrected chi connectivity index (χ2v) is 17.5. The molecule has 0 bridgehead atoms. The number of amides is 2. The van der Waals surface area contributed by atoms with Crippen molar-refractivity contribution in [3.05, 3.63) is 160 Å². The predicted molar refractivity (Wildman–Crippen MR) is 253 cm³/mol. The Bertz CT molecular complexity index is 2850. The Morgan fingerprint density at radius 2 is 1.06 bits per heavy atom. The number of para-hydroxylation sites is 1. The molecule has 0 radical (unpaired) electrons. The molecule has 354 valence electrons. The van der Waals surface area contributed by atoms with Crippen LogP contribution in [-0.4, -0.2) is 111 Å². The molecule has 4 aromatic rings. The molecule has 0 aromatic heterocycles. The van der Waals surface area contributed by atoms with Crippen LogP contribution in [0, 0.1) is 0 Å². The Hall–Kier alpha value is -7.72. The quantitative estimate of drug-likeness (QED) is 0.101. The number of benzene rings is 4. The molecular weight excluding hydrogens is 881 g/mol. The number of carbonyl (C=O) groups excluding carboxylic acids is 6. The highest BCUT2D eigenvalue weighted by molar-refractivity contribution is 6.16. The van der Waals surface area contributed by atoms with E-state index in [9.17, 15) is 28.8 Å². The number of nitrogens with one attached hydrogen (secondary N) is 1. The van der Waals surface area contributed by atoms with Gasteiger partial charge in [0.1, 0.15) is 11.7 Å². The van der Waals surface area contributed by atoms with Gasteiger partial charge in [-0.25, -0.2) is 29.2 Å². The molecule has 0 aliphatic carbocycles. The molecule has 69 heavy (non-hydrogen) atoms. The molecule has 0 saturated carbocycles. The van der Waals surface area contributed by atoms with Crippen LogP contribution in [0.15, 0.2) is 148 Å². The van der Waals surface area contributed by atoms with Gasteiger partial charge in [-0.05, 0) is 54.1 Å². The summed E-state index contributed by atoms with van der Waals surface area (Å²) in [7, 11) is 4.90. The van der Waals surface area contributed by atoms with Crippen LogP contribution in [0.4, 0.5) is 5.69 Å². The molecule has 4 aromatic carbocycles. The van der Waals surface area contributed by atoms with Gasteiger partial charge in [0.25, 0.3) is 0 Å². The number of hydrogen-bond donors (Lipinski definition) is 1. The molecule has 5 aliphatic rings. The van der Waals surface area contributed by atoms with E-state index < -0.39 is 46.8 Å². The molecule has 5 heterocycles. The molecular formula is C53H52N6O10. The fraction of sp³-hybridized carbons (Fsp3) is 0.321. The highest BCUT2D eigenvalue weighted by Crippen LogP contribution is 2.56. The van der Waals surface area contributed by atoms with Crippen LogP contribution in [0.3, 0.4) is 0 Å². The lowest BCUT2D eigenvalue weighted by molar-refractivity contribution is -0.140. The summed E-state index contributed by atoms with van der Waals surface area (Å²) in [5, 5.41) is 3.66. The molecule has 2 fully saturated rings. The SMILES string of the molecule is COC(=O)C1=C(C(=O)OC)C(NCCCN2c3ccccc3[C@]34CCC(=O)N(Cc5ccccc5)C3=NC(C(=O)OC)=C(C(=O)OC)C24)[C@@]2(c3ccccc3)CCC(=O)N(Cc3ccccc3)C2=N1. The number of aliphatic imine (C=N–C) groups is 2. The zero-order valence-corrected chi connectivity index (χ0v) is 38.8. The van der Waals surface area contributed by atoms with Crippen molar-refractivity contribution in [2.75, 3.05) is 46.4 Å². The Balaban J connectivity index is 1.13. The molecule has 16 heteroatoms.